The van der Waals surface area contributed by atoms with Gasteiger partial charge in [-0.15, -0.1) is 0 Å². The van der Waals surface area contributed by atoms with Crippen molar-refractivity contribution in [1.82, 2.24) is 4.98 Å². The first-order valence-electron chi connectivity index (χ1n) is 5.07. The molecule has 0 saturated carbocycles. The average Bonchev–Trinajstić information content (AvgIpc) is 2.80. The van der Waals surface area contributed by atoms with Gasteiger partial charge in [0, 0.05) is 17.6 Å². The number of rotatable bonds is 4. The highest BCUT2D eigenvalue weighted by Crippen LogP contribution is 2.38. The first kappa shape index (κ1) is 12.5. The minimum absolute atomic E-state index is 0.00999. The van der Waals surface area contributed by atoms with Gasteiger partial charge in [0.1, 0.15) is 12.4 Å². The van der Waals surface area contributed by atoms with E-state index < -0.39 is 6.16 Å². The standard InChI is InChI=1S/C11H10ClNO5/c12-9-6-1-2-13-10(6)8(17-4-3-14)5-7(9)18-11(15)16/h1-2,5,13-14H,3-4H2,(H,15,16). The Bertz CT molecular complexity index is 580. The Hall–Kier alpha value is -1.92. The summed E-state index contributed by atoms with van der Waals surface area (Å²) in [5.41, 5.74) is 0.617. The van der Waals surface area contributed by atoms with Crippen molar-refractivity contribution < 1.29 is 24.5 Å². The summed E-state index contributed by atoms with van der Waals surface area (Å²) in [6.45, 7) is -0.0672. The van der Waals surface area contributed by atoms with Gasteiger partial charge in [0.05, 0.1) is 17.1 Å². The van der Waals surface area contributed by atoms with Gasteiger partial charge in [-0.3, -0.25) is 0 Å². The maximum atomic E-state index is 10.6. The van der Waals surface area contributed by atoms with E-state index in [1.54, 1.807) is 12.3 Å². The van der Waals surface area contributed by atoms with Crippen LogP contribution >= 0.6 is 11.6 Å². The molecule has 3 N–H and O–H groups in total. The maximum absolute atomic E-state index is 10.6. The van der Waals surface area contributed by atoms with Crippen LogP contribution in [0.25, 0.3) is 10.9 Å². The second kappa shape index (κ2) is 5.16. The Morgan fingerprint density at radius 3 is 2.89 bits per heavy atom. The van der Waals surface area contributed by atoms with Crippen LogP contribution in [0.2, 0.25) is 5.02 Å². The summed E-state index contributed by atoms with van der Waals surface area (Å²) in [6.07, 6.45) is 0.187. The molecule has 2 rings (SSSR count). The smallest absolute Gasteiger partial charge is 0.489 e. The van der Waals surface area contributed by atoms with Crippen molar-refractivity contribution >= 4 is 28.7 Å². The van der Waals surface area contributed by atoms with Crippen LogP contribution in [0.1, 0.15) is 0 Å². The summed E-state index contributed by atoms with van der Waals surface area (Å²) in [5, 5.41) is 18.1. The Morgan fingerprint density at radius 1 is 1.44 bits per heavy atom. The number of H-pyrrole nitrogens is 1. The SMILES string of the molecule is O=C(O)Oc1cc(OCCO)c2[nH]ccc2c1Cl. The number of fused-ring (bicyclic) bond motifs is 1. The maximum Gasteiger partial charge on any atom is 0.511 e. The van der Waals surface area contributed by atoms with Crippen LogP contribution in [-0.4, -0.2) is 34.6 Å². The third-order valence-corrected chi connectivity index (χ3v) is 2.64. The zero-order valence-electron chi connectivity index (χ0n) is 9.14. The summed E-state index contributed by atoms with van der Waals surface area (Å²) in [6, 6.07) is 3.04. The number of hydrogen-bond acceptors (Lipinski definition) is 4. The quantitative estimate of drug-likeness (QED) is 0.586. The number of aromatic amines is 1. The molecule has 0 aliphatic heterocycles. The first-order valence-corrected chi connectivity index (χ1v) is 5.45. The van der Waals surface area contributed by atoms with Crippen molar-refractivity contribution in [2.24, 2.45) is 0 Å². The highest BCUT2D eigenvalue weighted by molar-refractivity contribution is 6.37. The predicted octanol–water partition coefficient (Wildman–Crippen LogP) is 2.25. The van der Waals surface area contributed by atoms with E-state index in [0.29, 0.717) is 16.7 Å². The van der Waals surface area contributed by atoms with Crippen LogP contribution in [0.5, 0.6) is 11.5 Å². The van der Waals surface area contributed by atoms with Gasteiger partial charge in [-0.25, -0.2) is 4.79 Å². The molecule has 7 heteroatoms. The zero-order chi connectivity index (χ0) is 13.1. The molecule has 18 heavy (non-hydrogen) atoms. The Morgan fingerprint density at radius 2 is 2.22 bits per heavy atom. The van der Waals surface area contributed by atoms with Crippen LogP contribution in [0, 0.1) is 0 Å². The van der Waals surface area contributed by atoms with Crippen molar-refractivity contribution in [3.63, 3.8) is 0 Å². The number of benzene rings is 1. The third-order valence-electron chi connectivity index (χ3n) is 2.25. The molecule has 0 aliphatic carbocycles. The molecule has 6 nitrogen and oxygen atoms in total. The number of aliphatic hydroxyl groups is 1. The van der Waals surface area contributed by atoms with Gasteiger partial charge in [-0.2, -0.15) is 0 Å². The monoisotopic (exact) mass is 271 g/mol. The van der Waals surface area contributed by atoms with E-state index in [0.717, 1.165) is 0 Å². The molecule has 0 atom stereocenters. The molecule has 96 valence electrons. The van der Waals surface area contributed by atoms with Crippen LogP contribution in [0.15, 0.2) is 18.3 Å². The minimum atomic E-state index is -1.46. The highest BCUT2D eigenvalue weighted by atomic mass is 35.5. The molecule has 1 heterocycles. The van der Waals surface area contributed by atoms with E-state index >= 15 is 0 Å². The molecule has 0 bridgehead atoms. The molecule has 0 spiro atoms. The van der Waals surface area contributed by atoms with E-state index in [1.165, 1.54) is 6.07 Å². The second-order valence-corrected chi connectivity index (χ2v) is 3.77. The molecule has 0 saturated heterocycles. The fourth-order valence-corrected chi connectivity index (χ4v) is 1.83. The molecular weight excluding hydrogens is 262 g/mol. The average molecular weight is 272 g/mol. The number of carbonyl (C=O) groups is 1. The van der Waals surface area contributed by atoms with E-state index in [9.17, 15) is 4.79 Å². The summed E-state index contributed by atoms with van der Waals surface area (Å²) in [5.74, 6) is 0.355. The molecule has 1 aromatic carbocycles. The van der Waals surface area contributed by atoms with Gasteiger partial charge >= 0.3 is 6.16 Å². The number of carboxylic acid groups (broad SMARTS) is 1. The zero-order valence-corrected chi connectivity index (χ0v) is 9.90. The third kappa shape index (κ3) is 2.34. The lowest BCUT2D eigenvalue weighted by molar-refractivity contribution is 0.144. The van der Waals surface area contributed by atoms with E-state index in [-0.39, 0.29) is 24.0 Å². The lowest BCUT2D eigenvalue weighted by atomic mass is 10.2. The van der Waals surface area contributed by atoms with Crippen molar-refractivity contribution in [3.8, 4) is 11.5 Å². The minimum Gasteiger partial charge on any atom is -0.489 e. The first-order chi connectivity index (χ1) is 8.63. The van der Waals surface area contributed by atoms with Crippen molar-refractivity contribution in [3.05, 3.63) is 23.4 Å². The molecule has 2 aromatic rings. The van der Waals surface area contributed by atoms with Crippen molar-refractivity contribution in [2.75, 3.05) is 13.2 Å². The van der Waals surface area contributed by atoms with E-state index in [1.807, 2.05) is 0 Å². The predicted molar refractivity (Wildman–Crippen MR) is 64.5 cm³/mol. The van der Waals surface area contributed by atoms with Crippen molar-refractivity contribution in [2.45, 2.75) is 0 Å². The summed E-state index contributed by atoms with van der Waals surface area (Å²) >= 11 is 6.02. The Balaban J connectivity index is 2.50. The van der Waals surface area contributed by atoms with Crippen molar-refractivity contribution in [1.29, 1.82) is 0 Å². The fourth-order valence-electron chi connectivity index (χ4n) is 1.58. The second-order valence-electron chi connectivity index (χ2n) is 3.39. The molecular formula is C11H10ClNO5. The van der Waals surface area contributed by atoms with Gasteiger partial charge in [0.2, 0.25) is 0 Å². The number of aliphatic hydroxyl groups excluding tert-OH is 1. The molecule has 1 aromatic heterocycles. The number of hydrogen-bond donors (Lipinski definition) is 3. The van der Waals surface area contributed by atoms with Crippen LogP contribution in [0.3, 0.4) is 0 Å². The van der Waals surface area contributed by atoms with Crippen LogP contribution in [-0.2, 0) is 0 Å². The number of nitrogens with one attached hydrogen (secondary N) is 1. The number of halogens is 1. The lowest BCUT2D eigenvalue weighted by Crippen LogP contribution is -2.05. The molecule has 0 aliphatic rings. The molecule has 0 fully saturated rings. The molecule has 0 amide bonds. The van der Waals surface area contributed by atoms with Gasteiger partial charge in [0.15, 0.2) is 5.75 Å². The van der Waals surface area contributed by atoms with Crippen LogP contribution < -0.4 is 9.47 Å². The summed E-state index contributed by atoms with van der Waals surface area (Å²) < 4.78 is 9.86. The molecule has 0 unspecified atom stereocenters. The summed E-state index contributed by atoms with van der Waals surface area (Å²) in [7, 11) is 0. The topological polar surface area (TPSA) is 91.8 Å². The largest absolute Gasteiger partial charge is 0.511 e. The van der Waals surface area contributed by atoms with Crippen LogP contribution in [0.4, 0.5) is 4.79 Å². The van der Waals surface area contributed by atoms with Gasteiger partial charge in [-0.05, 0) is 6.07 Å². The molecule has 0 radical (unpaired) electrons. The number of ether oxygens (including phenoxy) is 2. The Kier molecular flexibility index (Phi) is 3.59. The van der Waals surface area contributed by atoms with Gasteiger partial charge in [-0.1, -0.05) is 11.6 Å². The van der Waals surface area contributed by atoms with Gasteiger partial charge < -0.3 is 24.7 Å². The summed E-state index contributed by atoms with van der Waals surface area (Å²) in [4.78, 5) is 13.5. The lowest BCUT2D eigenvalue weighted by Gasteiger charge is -2.10. The van der Waals surface area contributed by atoms with E-state index in [4.69, 9.17) is 26.6 Å². The highest BCUT2D eigenvalue weighted by Gasteiger charge is 2.15. The number of aromatic nitrogens is 1. The normalized spacial score (nSPS) is 10.6. The fraction of sp³-hybridized carbons (Fsp3) is 0.182. The van der Waals surface area contributed by atoms with Gasteiger partial charge in [0.25, 0.3) is 0 Å². The van der Waals surface area contributed by atoms with E-state index in [2.05, 4.69) is 9.72 Å². The Labute approximate surface area is 107 Å².